The van der Waals surface area contributed by atoms with Crippen LogP contribution in [0.2, 0.25) is 0 Å². The lowest BCUT2D eigenvalue weighted by Crippen LogP contribution is -2.35. The first-order chi connectivity index (χ1) is 7.67. The molecule has 1 fully saturated rings. The quantitative estimate of drug-likeness (QED) is 0.734. The van der Waals surface area contributed by atoms with Crippen LogP contribution in [0, 0.1) is 0 Å². The molecule has 1 aromatic heterocycles. The summed E-state index contributed by atoms with van der Waals surface area (Å²) in [7, 11) is 0. The van der Waals surface area contributed by atoms with Gasteiger partial charge in [0, 0.05) is 12.4 Å². The highest BCUT2D eigenvalue weighted by Gasteiger charge is 2.31. The highest BCUT2D eigenvalue weighted by Crippen LogP contribution is 2.38. The summed E-state index contributed by atoms with van der Waals surface area (Å²) in [5.41, 5.74) is 1.61. The summed E-state index contributed by atoms with van der Waals surface area (Å²) in [5, 5.41) is 2.22. The molecule has 0 amide bonds. The van der Waals surface area contributed by atoms with Gasteiger partial charge in [0.2, 0.25) is 0 Å². The third-order valence-electron chi connectivity index (χ3n) is 3.75. The van der Waals surface area contributed by atoms with Gasteiger partial charge in [-0.15, -0.1) is 0 Å². The molecule has 0 bridgehead atoms. The standard InChI is InChI=1S/C15H19N/c1-4-7-13-10-16-11-14(12(13)2)15(3)8-5-6-9-15/h4,7,10-11H,1-2,5-6,8-9H2,3H3/b13-7-. The van der Waals surface area contributed by atoms with Crippen LogP contribution in [0.1, 0.15) is 38.2 Å². The number of hydrogen-bond donors (Lipinski definition) is 0. The molecule has 0 atom stereocenters. The van der Waals surface area contributed by atoms with E-state index in [1.807, 2.05) is 18.5 Å². The second kappa shape index (κ2) is 4.25. The first kappa shape index (κ1) is 11.1. The molecule has 0 radical (unpaired) electrons. The van der Waals surface area contributed by atoms with Gasteiger partial charge in [0.25, 0.3) is 0 Å². The zero-order chi connectivity index (χ0) is 11.6. The molecule has 1 aromatic rings. The molecule has 0 aromatic carbocycles. The molecule has 0 unspecified atom stereocenters. The Morgan fingerprint density at radius 3 is 2.62 bits per heavy atom. The predicted molar refractivity (Wildman–Crippen MR) is 69.5 cm³/mol. The van der Waals surface area contributed by atoms with Gasteiger partial charge in [-0.2, -0.15) is 0 Å². The van der Waals surface area contributed by atoms with Crippen LogP contribution in [0.4, 0.5) is 0 Å². The summed E-state index contributed by atoms with van der Waals surface area (Å²) in [6.07, 6.45) is 12.8. The minimum absolute atomic E-state index is 0.287. The maximum Gasteiger partial charge on any atom is 0.0346 e. The molecule has 2 rings (SSSR count). The maximum atomic E-state index is 4.33. The molecule has 1 saturated carbocycles. The number of allylic oxidation sites excluding steroid dienone is 1. The average molecular weight is 213 g/mol. The Hall–Kier alpha value is -1.37. The van der Waals surface area contributed by atoms with E-state index in [0.717, 1.165) is 10.4 Å². The largest absolute Gasteiger partial charge is 0.264 e. The van der Waals surface area contributed by atoms with Gasteiger partial charge in [0.05, 0.1) is 0 Å². The molecule has 1 heterocycles. The second-order valence-electron chi connectivity index (χ2n) is 4.92. The Morgan fingerprint density at radius 2 is 2.00 bits per heavy atom. The first-order valence-electron chi connectivity index (χ1n) is 5.93. The van der Waals surface area contributed by atoms with Crippen LogP contribution in [0.25, 0.3) is 12.7 Å². The van der Waals surface area contributed by atoms with Gasteiger partial charge in [-0.25, -0.2) is 0 Å². The number of pyridine rings is 1. The fourth-order valence-electron chi connectivity index (χ4n) is 2.72. The van der Waals surface area contributed by atoms with Crippen LogP contribution in [-0.2, 0) is 5.41 Å². The molecule has 1 aliphatic carbocycles. The predicted octanol–water partition coefficient (Wildman–Crippen LogP) is 2.29. The van der Waals surface area contributed by atoms with Crippen molar-refractivity contribution in [1.82, 2.24) is 4.98 Å². The van der Waals surface area contributed by atoms with Crippen molar-refractivity contribution in [1.29, 1.82) is 0 Å². The van der Waals surface area contributed by atoms with Gasteiger partial charge in [0.15, 0.2) is 0 Å². The lowest BCUT2D eigenvalue weighted by molar-refractivity contribution is 0.486. The number of hydrogen-bond acceptors (Lipinski definition) is 1. The van der Waals surface area contributed by atoms with Crippen molar-refractivity contribution < 1.29 is 0 Å². The van der Waals surface area contributed by atoms with Crippen molar-refractivity contribution in [2.24, 2.45) is 0 Å². The summed E-state index contributed by atoms with van der Waals surface area (Å²) in [5.74, 6) is 0. The minimum Gasteiger partial charge on any atom is -0.264 e. The van der Waals surface area contributed by atoms with Gasteiger partial charge in [-0.05, 0) is 34.3 Å². The van der Waals surface area contributed by atoms with Crippen LogP contribution >= 0.6 is 0 Å². The summed E-state index contributed by atoms with van der Waals surface area (Å²) in [4.78, 5) is 4.33. The molecular weight excluding hydrogens is 194 g/mol. The van der Waals surface area contributed by atoms with Crippen LogP contribution in [0.5, 0.6) is 0 Å². The van der Waals surface area contributed by atoms with Gasteiger partial charge >= 0.3 is 0 Å². The lowest BCUT2D eigenvalue weighted by atomic mass is 9.81. The molecule has 0 N–H and O–H groups in total. The maximum absolute atomic E-state index is 4.33. The van der Waals surface area contributed by atoms with E-state index in [1.165, 1.54) is 31.2 Å². The van der Waals surface area contributed by atoms with E-state index in [9.17, 15) is 0 Å². The highest BCUT2D eigenvalue weighted by molar-refractivity contribution is 5.38. The SMILES string of the molecule is C=C/C=c1/cncc(C2(C)CCCC2)c1=C. The molecule has 0 aliphatic heterocycles. The van der Waals surface area contributed by atoms with Gasteiger partial charge in [0.1, 0.15) is 0 Å². The van der Waals surface area contributed by atoms with Gasteiger partial charge in [-0.3, -0.25) is 4.98 Å². The van der Waals surface area contributed by atoms with Crippen molar-refractivity contribution in [3.63, 3.8) is 0 Å². The van der Waals surface area contributed by atoms with E-state index >= 15 is 0 Å². The van der Waals surface area contributed by atoms with E-state index in [0.29, 0.717) is 0 Å². The lowest BCUT2D eigenvalue weighted by Gasteiger charge is -2.24. The molecule has 0 saturated heterocycles. The summed E-state index contributed by atoms with van der Waals surface area (Å²) < 4.78 is 0. The van der Waals surface area contributed by atoms with Crippen LogP contribution in [0.3, 0.4) is 0 Å². The number of nitrogens with zero attached hydrogens (tertiary/aromatic N) is 1. The number of aromatic nitrogens is 1. The Kier molecular flexibility index (Phi) is 2.95. The zero-order valence-electron chi connectivity index (χ0n) is 10.00. The van der Waals surface area contributed by atoms with E-state index in [-0.39, 0.29) is 5.41 Å². The zero-order valence-corrected chi connectivity index (χ0v) is 10.00. The molecule has 1 heteroatoms. The minimum atomic E-state index is 0.287. The smallest absolute Gasteiger partial charge is 0.0346 e. The normalized spacial score (nSPS) is 19.9. The summed E-state index contributed by atoms with van der Waals surface area (Å²) in [6.45, 7) is 10.3. The molecule has 0 spiro atoms. The van der Waals surface area contributed by atoms with Crippen molar-refractivity contribution >= 4 is 12.7 Å². The van der Waals surface area contributed by atoms with Crippen LogP contribution in [0.15, 0.2) is 25.0 Å². The van der Waals surface area contributed by atoms with Crippen molar-refractivity contribution in [3.8, 4) is 0 Å². The monoisotopic (exact) mass is 213 g/mol. The number of rotatable bonds is 2. The third kappa shape index (κ3) is 1.82. The summed E-state index contributed by atoms with van der Waals surface area (Å²) in [6, 6.07) is 0. The topological polar surface area (TPSA) is 12.9 Å². The third-order valence-corrected chi connectivity index (χ3v) is 3.75. The first-order valence-corrected chi connectivity index (χ1v) is 5.93. The average Bonchev–Trinajstić information content (AvgIpc) is 2.70. The van der Waals surface area contributed by atoms with Crippen LogP contribution in [-0.4, -0.2) is 4.98 Å². The molecule has 16 heavy (non-hydrogen) atoms. The van der Waals surface area contributed by atoms with E-state index in [4.69, 9.17) is 0 Å². The fourth-order valence-corrected chi connectivity index (χ4v) is 2.72. The van der Waals surface area contributed by atoms with E-state index in [1.54, 1.807) is 6.08 Å². The molecule has 1 aliphatic rings. The van der Waals surface area contributed by atoms with Crippen LogP contribution < -0.4 is 10.4 Å². The van der Waals surface area contributed by atoms with Crippen molar-refractivity contribution in [3.05, 3.63) is 41.0 Å². The second-order valence-corrected chi connectivity index (χ2v) is 4.92. The molecule has 1 nitrogen and oxygen atoms in total. The Bertz CT molecular complexity index is 493. The van der Waals surface area contributed by atoms with Crippen molar-refractivity contribution in [2.45, 2.75) is 38.0 Å². The van der Waals surface area contributed by atoms with E-state index in [2.05, 4.69) is 25.1 Å². The Labute approximate surface area is 97.2 Å². The Morgan fingerprint density at radius 1 is 1.31 bits per heavy atom. The molecule has 84 valence electrons. The van der Waals surface area contributed by atoms with Gasteiger partial charge < -0.3 is 0 Å². The Balaban J connectivity index is 2.58. The van der Waals surface area contributed by atoms with Gasteiger partial charge in [-0.1, -0.05) is 45.1 Å². The fraction of sp³-hybridized carbons (Fsp3) is 0.400. The van der Waals surface area contributed by atoms with Crippen molar-refractivity contribution in [2.75, 3.05) is 0 Å². The summed E-state index contributed by atoms with van der Waals surface area (Å²) >= 11 is 0. The van der Waals surface area contributed by atoms with E-state index < -0.39 is 0 Å². The molecular formula is C15H19N. The highest BCUT2D eigenvalue weighted by atomic mass is 14.6.